The molecule has 0 spiro atoms. The molecule has 1 aliphatic carbocycles. The zero-order valence-corrected chi connectivity index (χ0v) is 6.93. The summed E-state index contributed by atoms with van der Waals surface area (Å²) in [5.41, 5.74) is 8.56. The summed E-state index contributed by atoms with van der Waals surface area (Å²) in [6.45, 7) is 0.666. The van der Waals surface area contributed by atoms with E-state index in [-0.39, 0.29) is 0 Å². The minimum atomic E-state index is 0.666. The molecular formula is C7H16N4. The molecule has 0 heterocycles. The monoisotopic (exact) mass is 156 g/mol. The van der Waals surface area contributed by atoms with Gasteiger partial charge in [-0.15, -0.1) is 0 Å². The molecule has 1 rings (SSSR count). The zero-order valence-electron chi connectivity index (χ0n) is 6.93. The van der Waals surface area contributed by atoms with Crippen LogP contribution in [0.25, 0.3) is 0 Å². The Morgan fingerprint density at radius 2 is 2.36 bits per heavy atom. The van der Waals surface area contributed by atoms with E-state index in [0.29, 0.717) is 6.67 Å². The molecule has 0 radical (unpaired) electrons. The van der Waals surface area contributed by atoms with Crippen molar-refractivity contribution >= 4 is 6.21 Å². The molecule has 11 heavy (non-hydrogen) atoms. The van der Waals surface area contributed by atoms with Gasteiger partial charge in [-0.05, 0) is 25.8 Å². The molecule has 1 saturated carbocycles. The van der Waals surface area contributed by atoms with Crippen molar-refractivity contribution < 1.29 is 0 Å². The Morgan fingerprint density at radius 1 is 1.55 bits per heavy atom. The van der Waals surface area contributed by atoms with E-state index in [9.17, 15) is 0 Å². The second kappa shape index (κ2) is 5.09. The van der Waals surface area contributed by atoms with Crippen molar-refractivity contribution in [3.63, 3.8) is 0 Å². The number of hydrazone groups is 1. The van der Waals surface area contributed by atoms with Crippen molar-refractivity contribution in [1.82, 2.24) is 16.3 Å². The van der Waals surface area contributed by atoms with Crippen molar-refractivity contribution in [2.24, 2.45) is 11.0 Å². The van der Waals surface area contributed by atoms with E-state index in [1.165, 1.54) is 19.3 Å². The van der Waals surface area contributed by atoms with Crippen LogP contribution in [0.3, 0.4) is 0 Å². The number of nitrogens with zero attached hydrogens (tertiary/aromatic N) is 1. The molecular weight excluding hydrogens is 140 g/mol. The highest BCUT2D eigenvalue weighted by Crippen LogP contribution is 2.23. The molecule has 3 N–H and O–H groups in total. The third-order valence-electron chi connectivity index (χ3n) is 1.87. The first-order valence-corrected chi connectivity index (χ1v) is 4.09. The molecule has 0 aromatic carbocycles. The van der Waals surface area contributed by atoms with E-state index < -0.39 is 0 Å². The molecule has 1 aliphatic rings. The van der Waals surface area contributed by atoms with Crippen LogP contribution in [-0.2, 0) is 0 Å². The van der Waals surface area contributed by atoms with Gasteiger partial charge in [-0.1, -0.05) is 6.42 Å². The highest BCUT2D eigenvalue weighted by Gasteiger charge is 2.13. The lowest BCUT2D eigenvalue weighted by Gasteiger charge is -2.20. The van der Waals surface area contributed by atoms with Crippen molar-refractivity contribution in [2.45, 2.75) is 19.3 Å². The first-order valence-electron chi connectivity index (χ1n) is 4.09. The van der Waals surface area contributed by atoms with Gasteiger partial charge in [0.15, 0.2) is 0 Å². The van der Waals surface area contributed by atoms with Gasteiger partial charge < -0.3 is 0 Å². The Labute approximate surface area is 67.4 Å². The van der Waals surface area contributed by atoms with Gasteiger partial charge in [-0.25, -0.2) is 5.43 Å². The Kier molecular flexibility index (Phi) is 3.93. The van der Waals surface area contributed by atoms with E-state index in [1.54, 1.807) is 0 Å². The van der Waals surface area contributed by atoms with Gasteiger partial charge in [0.05, 0.1) is 6.67 Å². The zero-order chi connectivity index (χ0) is 7.94. The highest BCUT2D eigenvalue weighted by atomic mass is 15.4. The van der Waals surface area contributed by atoms with Gasteiger partial charge in [-0.3, -0.25) is 10.9 Å². The summed E-state index contributed by atoms with van der Waals surface area (Å²) in [6.07, 6.45) is 5.99. The van der Waals surface area contributed by atoms with Crippen LogP contribution in [0, 0.1) is 5.92 Å². The predicted octanol–water partition coefficient (Wildman–Crippen LogP) is 0.0434. The SMILES string of the molecule is CNNCN/N=C\C1CCC1. The number of nitrogens with one attached hydrogen (secondary N) is 3. The molecule has 64 valence electrons. The Bertz CT molecular complexity index is 120. The quantitative estimate of drug-likeness (QED) is 0.228. The van der Waals surface area contributed by atoms with E-state index in [0.717, 1.165) is 5.92 Å². The summed E-state index contributed by atoms with van der Waals surface area (Å²) in [6, 6.07) is 0. The van der Waals surface area contributed by atoms with Gasteiger partial charge in [0, 0.05) is 6.21 Å². The van der Waals surface area contributed by atoms with Crippen LogP contribution in [0.4, 0.5) is 0 Å². The van der Waals surface area contributed by atoms with Crippen LogP contribution < -0.4 is 16.3 Å². The van der Waals surface area contributed by atoms with Gasteiger partial charge in [0.1, 0.15) is 0 Å². The number of hydrogen-bond acceptors (Lipinski definition) is 4. The van der Waals surface area contributed by atoms with Crippen molar-refractivity contribution in [3.8, 4) is 0 Å². The lowest BCUT2D eigenvalue weighted by molar-refractivity contribution is 0.417. The van der Waals surface area contributed by atoms with Gasteiger partial charge in [-0.2, -0.15) is 5.10 Å². The molecule has 0 aromatic rings. The Hall–Kier alpha value is -0.610. The molecule has 4 nitrogen and oxygen atoms in total. The minimum Gasteiger partial charge on any atom is -0.295 e. The molecule has 0 saturated heterocycles. The topological polar surface area (TPSA) is 48.4 Å². The van der Waals surface area contributed by atoms with Crippen LogP contribution in [-0.4, -0.2) is 19.9 Å². The molecule has 0 aromatic heterocycles. The third kappa shape index (κ3) is 3.34. The highest BCUT2D eigenvalue weighted by molar-refractivity contribution is 5.61. The van der Waals surface area contributed by atoms with Crippen LogP contribution in [0.5, 0.6) is 0 Å². The van der Waals surface area contributed by atoms with Gasteiger partial charge >= 0.3 is 0 Å². The van der Waals surface area contributed by atoms with Gasteiger partial charge in [0.25, 0.3) is 0 Å². The first kappa shape index (κ1) is 8.49. The third-order valence-corrected chi connectivity index (χ3v) is 1.87. The van der Waals surface area contributed by atoms with Crippen molar-refractivity contribution in [3.05, 3.63) is 0 Å². The lowest BCUT2D eigenvalue weighted by atomic mass is 9.87. The van der Waals surface area contributed by atoms with Gasteiger partial charge in [0.2, 0.25) is 0 Å². The molecule has 0 aliphatic heterocycles. The maximum atomic E-state index is 4.05. The average Bonchev–Trinajstić information content (AvgIpc) is 1.93. The summed E-state index contributed by atoms with van der Waals surface area (Å²) < 4.78 is 0. The van der Waals surface area contributed by atoms with Crippen LogP contribution in [0.1, 0.15) is 19.3 Å². The predicted molar refractivity (Wildman–Crippen MR) is 46.0 cm³/mol. The molecule has 0 bridgehead atoms. The lowest BCUT2D eigenvalue weighted by Crippen LogP contribution is -2.34. The fourth-order valence-electron chi connectivity index (χ4n) is 0.921. The fraction of sp³-hybridized carbons (Fsp3) is 0.857. The molecule has 0 atom stereocenters. The largest absolute Gasteiger partial charge is 0.295 e. The number of rotatable bonds is 5. The number of hydrogen-bond donors (Lipinski definition) is 3. The normalized spacial score (nSPS) is 18.6. The van der Waals surface area contributed by atoms with E-state index >= 15 is 0 Å². The maximum absolute atomic E-state index is 4.05. The van der Waals surface area contributed by atoms with Crippen LogP contribution >= 0.6 is 0 Å². The fourth-order valence-corrected chi connectivity index (χ4v) is 0.921. The van der Waals surface area contributed by atoms with Crippen LogP contribution in [0.15, 0.2) is 5.10 Å². The molecule has 0 amide bonds. The molecule has 1 fully saturated rings. The molecule has 4 heteroatoms. The number of hydrazine groups is 1. The second-order valence-corrected chi connectivity index (χ2v) is 2.73. The minimum absolute atomic E-state index is 0.666. The Balaban J connectivity index is 1.88. The summed E-state index contributed by atoms with van der Waals surface area (Å²) in [7, 11) is 1.83. The maximum Gasteiger partial charge on any atom is 0.0949 e. The smallest absolute Gasteiger partial charge is 0.0949 e. The standard InChI is InChI=1S/C7H16N4/c1-8-10-6-11-9-5-7-3-2-4-7/h5,7-8,10-11H,2-4,6H2,1H3/b9-5-. The first-order chi connectivity index (χ1) is 5.43. The van der Waals surface area contributed by atoms with E-state index in [1.807, 2.05) is 13.3 Å². The average molecular weight is 156 g/mol. The molecule has 0 unspecified atom stereocenters. The Morgan fingerprint density at radius 3 is 2.91 bits per heavy atom. The summed E-state index contributed by atoms with van der Waals surface area (Å²) in [4.78, 5) is 0. The van der Waals surface area contributed by atoms with Crippen molar-refractivity contribution in [1.29, 1.82) is 0 Å². The summed E-state index contributed by atoms with van der Waals surface area (Å²) in [5, 5.41) is 4.05. The van der Waals surface area contributed by atoms with Crippen LogP contribution in [0.2, 0.25) is 0 Å². The van der Waals surface area contributed by atoms with Crippen molar-refractivity contribution in [2.75, 3.05) is 13.7 Å². The second-order valence-electron chi connectivity index (χ2n) is 2.73. The van der Waals surface area contributed by atoms with E-state index in [2.05, 4.69) is 21.4 Å². The summed E-state index contributed by atoms with van der Waals surface area (Å²) >= 11 is 0. The van der Waals surface area contributed by atoms with E-state index in [4.69, 9.17) is 0 Å². The summed E-state index contributed by atoms with van der Waals surface area (Å²) in [5.74, 6) is 0.733.